The van der Waals surface area contributed by atoms with E-state index in [2.05, 4.69) is 25.9 Å². The van der Waals surface area contributed by atoms with E-state index in [0.29, 0.717) is 11.4 Å². The third-order valence-electron chi connectivity index (χ3n) is 1.77. The third kappa shape index (κ3) is 2.06. The fourth-order valence-corrected chi connectivity index (χ4v) is 1.43. The zero-order valence-corrected chi connectivity index (χ0v) is 9.81. The van der Waals surface area contributed by atoms with E-state index in [1.807, 2.05) is 6.92 Å². The Morgan fingerprint density at radius 2 is 2.00 bits per heavy atom. The largest absolute Gasteiger partial charge is 0.343 e. The number of amides is 1. The van der Waals surface area contributed by atoms with E-state index in [1.165, 1.54) is 4.90 Å². The number of hydrogen-bond donors (Lipinski definition) is 2. The molecule has 1 aromatic heterocycles. The summed E-state index contributed by atoms with van der Waals surface area (Å²) < 4.78 is 0. The van der Waals surface area contributed by atoms with Crippen molar-refractivity contribution in [2.75, 3.05) is 14.1 Å². The fourth-order valence-electron chi connectivity index (χ4n) is 1.09. The number of rotatable bonds is 2. The van der Waals surface area contributed by atoms with Gasteiger partial charge in [-0.1, -0.05) is 15.9 Å². The maximum atomic E-state index is 11.6. The van der Waals surface area contributed by atoms with E-state index >= 15 is 0 Å². The van der Waals surface area contributed by atoms with Crippen LogP contribution in [0.1, 0.15) is 27.9 Å². The van der Waals surface area contributed by atoms with Crippen LogP contribution in [0.25, 0.3) is 0 Å². The number of nitrogens with one attached hydrogen (secondary N) is 2. The molecule has 1 heterocycles. The van der Waals surface area contributed by atoms with Crippen LogP contribution in [0.4, 0.5) is 0 Å². The first-order valence-electron chi connectivity index (χ1n) is 4.11. The molecule has 1 unspecified atom stereocenters. The summed E-state index contributed by atoms with van der Waals surface area (Å²) in [5.41, 5.74) is 0.523. The first-order chi connectivity index (χ1) is 6.43. The van der Waals surface area contributed by atoms with E-state index in [1.54, 1.807) is 14.1 Å². The van der Waals surface area contributed by atoms with Gasteiger partial charge in [0.15, 0.2) is 0 Å². The molecule has 0 aromatic carbocycles. The first kappa shape index (κ1) is 11.0. The minimum atomic E-state index is -0.364. The van der Waals surface area contributed by atoms with E-state index in [9.17, 15) is 9.59 Å². The number of H-pyrrole nitrogens is 2. The molecule has 0 saturated carbocycles. The second kappa shape index (κ2) is 4.00. The predicted octanol–water partition coefficient (Wildman–Crippen LogP) is 0.861. The van der Waals surface area contributed by atoms with Gasteiger partial charge in [0.2, 0.25) is 0 Å². The summed E-state index contributed by atoms with van der Waals surface area (Å²) >= 11 is 3.30. The van der Waals surface area contributed by atoms with Gasteiger partial charge in [-0.3, -0.25) is 4.79 Å². The summed E-state index contributed by atoms with van der Waals surface area (Å²) in [5.74, 6) is -0.218. The van der Waals surface area contributed by atoms with E-state index < -0.39 is 0 Å². The van der Waals surface area contributed by atoms with Crippen LogP contribution in [-0.2, 0) is 0 Å². The number of aromatic nitrogens is 2. The Morgan fingerprint density at radius 3 is 2.43 bits per heavy atom. The Hall–Kier alpha value is -1.04. The summed E-state index contributed by atoms with van der Waals surface area (Å²) in [4.78, 5) is 29.0. The van der Waals surface area contributed by atoms with Crippen molar-refractivity contribution in [3.05, 3.63) is 21.9 Å². The number of carbonyl (C=O) groups is 1. The zero-order chi connectivity index (χ0) is 10.9. The molecule has 0 fully saturated rings. The molecule has 1 atom stereocenters. The van der Waals surface area contributed by atoms with Crippen molar-refractivity contribution in [3.63, 3.8) is 0 Å². The van der Waals surface area contributed by atoms with E-state index in [4.69, 9.17) is 0 Å². The van der Waals surface area contributed by atoms with Crippen LogP contribution in [0, 0.1) is 0 Å². The zero-order valence-electron chi connectivity index (χ0n) is 8.22. The molecular formula is C8H12BrN3O2. The van der Waals surface area contributed by atoms with Crippen molar-refractivity contribution < 1.29 is 4.79 Å². The highest BCUT2D eigenvalue weighted by Gasteiger charge is 2.19. The van der Waals surface area contributed by atoms with Gasteiger partial charge < -0.3 is 14.9 Å². The molecule has 0 saturated heterocycles. The molecule has 1 rings (SSSR count). The highest BCUT2D eigenvalue weighted by atomic mass is 79.9. The molecule has 0 aliphatic rings. The molecule has 0 radical (unpaired) electrons. The van der Waals surface area contributed by atoms with Crippen LogP contribution < -0.4 is 5.69 Å². The quantitative estimate of drug-likeness (QED) is 0.776. The Kier molecular flexibility index (Phi) is 3.15. The Morgan fingerprint density at radius 1 is 1.43 bits per heavy atom. The molecule has 6 heteroatoms. The van der Waals surface area contributed by atoms with Crippen molar-refractivity contribution in [2.45, 2.75) is 11.8 Å². The molecule has 2 N–H and O–H groups in total. The number of nitrogens with zero attached hydrogens (tertiary/aromatic N) is 1. The highest BCUT2D eigenvalue weighted by molar-refractivity contribution is 9.09. The second-order valence-electron chi connectivity index (χ2n) is 3.18. The lowest BCUT2D eigenvalue weighted by molar-refractivity contribution is 0.0821. The molecule has 0 aliphatic heterocycles. The molecule has 0 spiro atoms. The van der Waals surface area contributed by atoms with E-state index in [-0.39, 0.29) is 16.4 Å². The number of halogens is 1. The van der Waals surface area contributed by atoms with Crippen molar-refractivity contribution in [2.24, 2.45) is 0 Å². The van der Waals surface area contributed by atoms with E-state index in [0.717, 1.165) is 0 Å². The van der Waals surface area contributed by atoms with Gasteiger partial charge in [0.05, 0.1) is 10.5 Å². The van der Waals surface area contributed by atoms with Gasteiger partial charge in [0.25, 0.3) is 5.91 Å². The number of carbonyl (C=O) groups excluding carboxylic acids is 1. The van der Waals surface area contributed by atoms with Crippen LogP contribution in [0.5, 0.6) is 0 Å². The van der Waals surface area contributed by atoms with Gasteiger partial charge in [0, 0.05) is 14.1 Å². The van der Waals surface area contributed by atoms with Gasteiger partial charge in [-0.2, -0.15) is 0 Å². The average Bonchev–Trinajstić information content (AvgIpc) is 2.45. The number of aromatic amines is 2. The van der Waals surface area contributed by atoms with Gasteiger partial charge in [-0.05, 0) is 6.92 Å². The number of imidazole rings is 1. The van der Waals surface area contributed by atoms with Gasteiger partial charge in [0.1, 0.15) is 5.69 Å². The Balaban J connectivity index is 3.20. The van der Waals surface area contributed by atoms with Crippen LogP contribution in [0.2, 0.25) is 0 Å². The minimum absolute atomic E-state index is 0.0691. The van der Waals surface area contributed by atoms with Crippen molar-refractivity contribution in [1.82, 2.24) is 14.9 Å². The molecular weight excluding hydrogens is 250 g/mol. The van der Waals surface area contributed by atoms with Gasteiger partial charge >= 0.3 is 5.69 Å². The Bertz CT molecular complexity index is 392. The fraction of sp³-hybridized carbons (Fsp3) is 0.500. The summed E-state index contributed by atoms with van der Waals surface area (Å²) in [6, 6.07) is 0. The molecule has 1 amide bonds. The highest BCUT2D eigenvalue weighted by Crippen LogP contribution is 2.21. The standard InChI is InChI=1S/C8H12BrN3O2/c1-4(9)5-6(7(13)12(2)3)11-8(14)10-5/h4H,1-3H3,(H2,10,11,14). The van der Waals surface area contributed by atoms with Crippen molar-refractivity contribution >= 4 is 21.8 Å². The summed E-state index contributed by atoms with van der Waals surface area (Å²) in [5, 5.41) is 0. The third-order valence-corrected chi connectivity index (χ3v) is 2.23. The topological polar surface area (TPSA) is 69.0 Å². The van der Waals surface area contributed by atoms with Crippen LogP contribution in [0.15, 0.2) is 4.79 Å². The molecule has 0 aliphatic carbocycles. The second-order valence-corrected chi connectivity index (χ2v) is 4.56. The van der Waals surface area contributed by atoms with Crippen molar-refractivity contribution in [1.29, 1.82) is 0 Å². The number of hydrogen-bond acceptors (Lipinski definition) is 2. The summed E-state index contributed by atoms with van der Waals surface area (Å²) in [6.45, 7) is 1.84. The van der Waals surface area contributed by atoms with Crippen LogP contribution in [-0.4, -0.2) is 34.9 Å². The minimum Gasteiger partial charge on any atom is -0.343 e. The average molecular weight is 262 g/mol. The SMILES string of the molecule is CC(Br)c1[nH]c(=O)[nH]c1C(=O)N(C)C. The Labute approximate surface area is 89.6 Å². The molecule has 5 nitrogen and oxygen atoms in total. The molecule has 78 valence electrons. The molecule has 1 aromatic rings. The lowest BCUT2D eigenvalue weighted by atomic mass is 10.2. The number of alkyl halides is 1. The molecule has 0 bridgehead atoms. The van der Waals surface area contributed by atoms with Gasteiger partial charge in [-0.15, -0.1) is 0 Å². The summed E-state index contributed by atoms with van der Waals surface area (Å²) in [7, 11) is 3.27. The lowest BCUT2D eigenvalue weighted by Gasteiger charge is -2.10. The lowest BCUT2D eigenvalue weighted by Crippen LogP contribution is -2.23. The van der Waals surface area contributed by atoms with Crippen molar-refractivity contribution in [3.8, 4) is 0 Å². The van der Waals surface area contributed by atoms with Crippen LogP contribution in [0.3, 0.4) is 0 Å². The normalized spacial score (nSPS) is 12.6. The predicted molar refractivity (Wildman–Crippen MR) is 56.8 cm³/mol. The van der Waals surface area contributed by atoms with Gasteiger partial charge in [-0.25, -0.2) is 4.79 Å². The smallest absolute Gasteiger partial charge is 0.323 e. The first-order valence-corrected chi connectivity index (χ1v) is 5.03. The maximum Gasteiger partial charge on any atom is 0.323 e. The summed E-state index contributed by atoms with van der Waals surface area (Å²) in [6.07, 6.45) is 0. The monoisotopic (exact) mass is 261 g/mol. The molecule has 14 heavy (non-hydrogen) atoms. The van der Waals surface area contributed by atoms with Crippen LogP contribution >= 0.6 is 15.9 Å². The maximum absolute atomic E-state index is 11.6.